The summed E-state index contributed by atoms with van der Waals surface area (Å²) in [6.45, 7) is 7.43. The summed E-state index contributed by atoms with van der Waals surface area (Å²) in [5.74, 6) is 0.901. The first-order valence-corrected chi connectivity index (χ1v) is 9.92. The zero-order chi connectivity index (χ0) is 19.2. The van der Waals surface area contributed by atoms with Crippen molar-refractivity contribution in [1.29, 1.82) is 0 Å². The quantitative estimate of drug-likeness (QED) is 0.594. The van der Waals surface area contributed by atoms with Crippen LogP contribution in [0, 0.1) is 0 Å². The smallest absolute Gasteiger partial charge is 0.124 e. The third-order valence-electron chi connectivity index (χ3n) is 5.10. The molecule has 2 heterocycles. The standard InChI is InChI=1S/C22H24BrN3O/c1-22(2,3)21-19-17(24-25-21)13-26(15-11-9-14(23)10-12-15)20(19)16-7-5-6-8-18(16)27-4/h5-12,20H,13H2,1-4H3,(H,24,25). The number of fused-ring (bicyclic) bond motifs is 1. The van der Waals surface area contributed by atoms with Crippen LogP contribution in [0.25, 0.3) is 0 Å². The maximum absolute atomic E-state index is 5.71. The molecule has 4 rings (SSSR count). The highest BCUT2D eigenvalue weighted by Gasteiger charge is 2.40. The molecule has 0 aliphatic carbocycles. The minimum Gasteiger partial charge on any atom is -0.496 e. The molecule has 1 atom stereocenters. The summed E-state index contributed by atoms with van der Waals surface area (Å²) >= 11 is 3.54. The van der Waals surface area contributed by atoms with Crippen molar-refractivity contribution < 1.29 is 4.74 Å². The van der Waals surface area contributed by atoms with Crippen molar-refractivity contribution >= 4 is 21.6 Å². The van der Waals surface area contributed by atoms with E-state index in [-0.39, 0.29) is 11.5 Å². The number of hydrogen-bond donors (Lipinski definition) is 1. The molecule has 0 radical (unpaired) electrons. The van der Waals surface area contributed by atoms with Gasteiger partial charge < -0.3 is 9.64 Å². The SMILES string of the molecule is COc1ccccc1C1c2c(C(C)(C)C)n[nH]c2CN1c1ccc(Br)cc1. The summed E-state index contributed by atoms with van der Waals surface area (Å²) in [6, 6.07) is 16.8. The van der Waals surface area contributed by atoms with Crippen molar-refractivity contribution in [3.63, 3.8) is 0 Å². The molecule has 0 fully saturated rings. The Morgan fingerprint density at radius 3 is 2.48 bits per heavy atom. The number of para-hydroxylation sites is 1. The second-order valence-corrected chi connectivity index (χ2v) is 8.88. The third-order valence-corrected chi connectivity index (χ3v) is 5.63. The largest absolute Gasteiger partial charge is 0.496 e. The van der Waals surface area contributed by atoms with Gasteiger partial charge in [0, 0.05) is 26.7 Å². The molecule has 0 bridgehead atoms. The molecule has 1 aliphatic rings. The van der Waals surface area contributed by atoms with Crippen LogP contribution in [-0.4, -0.2) is 17.3 Å². The first-order valence-electron chi connectivity index (χ1n) is 9.13. The van der Waals surface area contributed by atoms with Crippen molar-refractivity contribution in [2.45, 2.75) is 38.8 Å². The predicted molar refractivity (Wildman–Crippen MR) is 112 cm³/mol. The lowest BCUT2D eigenvalue weighted by molar-refractivity contribution is 0.407. The average Bonchev–Trinajstić information content (AvgIpc) is 3.21. The highest BCUT2D eigenvalue weighted by atomic mass is 79.9. The van der Waals surface area contributed by atoms with E-state index in [0.29, 0.717) is 0 Å². The summed E-state index contributed by atoms with van der Waals surface area (Å²) in [7, 11) is 1.73. The molecule has 4 nitrogen and oxygen atoms in total. The van der Waals surface area contributed by atoms with Crippen molar-refractivity contribution in [3.8, 4) is 5.75 Å². The highest BCUT2D eigenvalue weighted by molar-refractivity contribution is 9.10. The summed E-state index contributed by atoms with van der Waals surface area (Å²) in [4.78, 5) is 2.42. The van der Waals surface area contributed by atoms with E-state index in [1.807, 2.05) is 12.1 Å². The number of nitrogens with one attached hydrogen (secondary N) is 1. The molecule has 140 valence electrons. The van der Waals surface area contributed by atoms with Crippen molar-refractivity contribution in [2.24, 2.45) is 0 Å². The fourth-order valence-electron chi connectivity index (χ4n) is 3.88. The van der Waals surface area contributed by atoms with Crippen LogP contribution in [0.3, 0.4) is 0 Å². The van der Waals surface area contributed by atoms with E-state index in [1.165, 1.54) is 16.9 Å². The Balaban J connectivity index is 1.91. The molecule has 3 aromatic rings. The molecule has 1 aliphatic heterocycles. The van der Waals surface area contributed by atoms with E-state index in [2.05, 4.69) is 88.2 Å². The lowest BCUT2D eigenvalue weighted by Crippen LogP contribution is -2.25. The minimum atomic E-state index is -0.0416. The van der Waals surface area contributed by atoms with Gasteiger partial charge in [0.1, 0.15) is 5.75 Å². The summed E-state index contributed by atoms with van der Waals surface area (Å²) in [6.07, 6.45) is 0. The molecule has 0 saturated heterocycles. The van der Waals surface area contributed by atoms with E-state index < -0.39 is 0 Å². The Morgan fingerprint density at radius 1 is 1.11 bits per heavy atom. The number of methoxy groups -OCH3 is 1. The number of aromatic nitrogens is 2. The van der Waals surface area contributed by atoms with Crippen LogP contribution in [0.5, 0.6) is 5.75 Å². The van der Waals surface area contributed by atoms with Gasteiger partial charge in [-0.15, -0.1) is 0 Å². The fraction of sp³-hybridized carbons (Fsp3) is 0.318. The van der Waals surface area contributed by atoms with E-state index in [1.54, 1.807) is 7.11 Å². The number of anilines is 1. The Hall–Kier alpha value is -2.27. The Morgan fingerprint density at radius 2 is 1.81 bits per heavy atom. The van der Waals surface area contributed by atoms with E-state index in [9.17, 15) is 0 Å². The average molecular weight is 426 g/mol. The number of hydrogen-bond acceptors (Lipinski definition) is 3. The number of ether oxygens (including phenoxy) is 1. The number of aromatic amines is 1. The number of halogens is 1. The van der Waals surface area contributed by atoms with Crippen LogP contribution in [0.4, 0.5) is 5.69 Å². The van der Waals surface area contributed by atoms with Gasteiger partial charge in [-0.3, -0.25) is 5.10 Å². The topological polar surface area (TPSA) is 41.1 Å². The summed E-state index contributed by atoms with van der Waals surface area (Å²) < 4.78 is 6.79. The summed E-state index contributed by atoms with van der Waals surface area (Å²) in [5, 5.41) is 7.98. The lowest BCUT2D eigenvalue weighted by Gasteiger charge is -2.30. The van der Waals surface area contributed by atoms with Crippen LogP contribution in [0.15, 0.2) is 53.0 Å². The Kier molecular flexibility index (Phi) is 4.50. The Labute approximate surface area is 168 Å². The van der Waals surface area contributed by atoms with Gasteiger partial charge in [-0.2, -0.15) is 5.10 Å². The molecular formula is C22H24BrN3O. The van der Waals surface area contributed by atoms with Crippen LogP contribution in [-0.2, 0) is 12.0 Å². The number of nitrogens with zero attached hydrogens (tertiary/aromatic N) is 2. The maximum atomic E-state index is 5.71. The van der Waals surface area contributed by atoms with Gasteiger partial charge in [0.15, 0.2) is 0 Å². The van der Waals surface area contributed by atoms with Gasteiger partial charge >= 0.3 is 0 Å². The van der Waals surface area contributed by atoms with Gasteiger partial charge in [0.25, 0.3) is 0 Å². The molecule has 0 saturated carbocycles. The van der Waals surface area contributed by atoms with Crippen molar-refractivity contribution in [2.75, 3.05) is 12.0 Å². The molecule has 0 spiro atoms. The van der Waals surface area contributed by atoms with Crippen LogP contribution in [0.1, 0.15) is 49.3 Å². The van der Waals surface area contributed by atoms with Gasteiger partial charge in [0.2, 0.25) is 0 Å². The van der Waals surface area contributed by atoms with E-state index in [0.717, 1.165) is 28.0 Å². The van der Waals surface area contributed by atoms with Crippen LogP contribution in [0.2, 0.25) is 0 Å². The first kappa shape index (κ1) is 18.1. The molecule has 27 heavy (non-hydrogen) atoms. The third kappa shape index (κ3) is 3.14. The molecule has 0 amide bonds. The summed E-state index contributed by atoms with van der Waals surface area (Å²) in [5.41, 5.74) is 5.87. The van der Waals surface area contributed by atoms with Gasteiger partial charge in [-0.1, -0.05) is 54.9 Å². The maximum Gasteiger partial charge on any atom is 0.124 e. The van der Waals surface area contributed by atoms with Crippen molar-refractivity contribution in [1.82, 2.24) is 10.2 Å². The number of H-pyrrole nitrogens is 1. The van der Waals surface area contributed by atoms with Gasteiger partial charge in [0.05, 0.1) is 31.1 Å². The molecule has 1 N–H and O–H groups in total. The highest BCUT2D eigenvalue weighted by Crippen LogP contribution is 2.47. The zero-order valence-corrected chi connectivity index (χ0v) is 17.7. The molecule has 5 heteroatoms. The normalized spacial score (nSPS) is 16.5. The molecular weight excluding hydrogens is 402 g/mol. The lowest BCUT2D eigenvalue weighted by atomic mass is 9.85. The zero-order valence-electron chi connectivity index (χ0n) is 16.1. The first-order chi connectivity index (χ1) is 12.9. The van der Waals surface area contributed by atoms with E-state index in [4.69, 9.17) is 4.74 Å². The number of benzene rings is 2. The second kappa shape index (κ2) is 6.71. The Bertz CT molecular complexity index is 956. The molecule has 1 unspecified atom stereocenters. The number of rotatable bonds is 3. The predicted octanol–water partition coefficient (Wildman–Crippen LogP) is 5.59. The van der Waals surface area contributed by atoms with Crippen LogP contribution >= 0.6 is 15.9 Å². The molecule has 1 aromatic heterocycles. The van der Waals surface area contributed by atoms with E-state index >= 15 is 0 Å². The van der Waals surface area contributed by atoms with Gasteiger partial charge in [-0.05, 0) is 30.3 Å². The molecule has 2 aromatic carbocycles. The minimum absolute atomic E-state index is 0.0416. The fourth-order valence-corrected chi connectivity index (χ4v) is 4.14. The van der Waals surface area contributed by atoms with Crippen LogP contribution < -0.4 is 9.64 Å². The monoisotopic (exact) mass is 425 g/mol. The van der Waals surface area contributed by atoms with Crippen molar-refractivity contribution in [3.05, 3.63) is 75.5 Å². The second-order valence-electron chi connectivity index (χ2n) is 7.96. The van der Waals surface area contributed by atoms with Gasteiger partial charge in [-0.25, -0.2) is 0 Å².